The Bertz CT molecular complexity index is 612. The van der Waals surface area contributed by atoms with Crippen molar-refractivity contribution in [1.82, 2.24) is 0 Å². The molecule has 3 nitrogen and oxygen atoms in total. The van der Waals surface area contributed by atoms with Crippen molar-refractivity contribution in [3.8, 4) is 5.75 Å². The molecule has 3 heteroatoms. The lowest BCUT2D eigenvalue weighted by atomic mass is 10.1. The summed E-state index contributed by atoms with van der Waals surface area (Å²) in [6, 6.07) is 13.6. The fraction of sp³-hybridized carbons (Fsp3) is 0.278. The predicted molar refractivity (Wildman–Crippen MR) is 85.8 cm³/mol. The topological polar surface area (TPSA) is 38.3 Å². The molecule has 0 aliphatic rings. The standard InChI is InChI=1S/C18H21NO2/c1-12-8-10-16(11-9-12)19-18(20)15(4)21-17-13(2)6-5-7-14(17)3/h5-11,15H,1-4H3,(H,19,20). The van der Waals surface area contributed by atoms with Crippen LogP contribution < -0.4 is 10.1 Å². The van der Waals surface area contributed by atoms with Gasteiger partial charge in [0.15, 0.2) is 6.10 Å². The molecule has 2 aromatic carbocycles. The minimum Gasteiger partial charge on any atom is -0.480 e. The normalized spacial score (nSPS) is 11.8. The monoisotopic (exact) mass is 283 g/mol. The Morgan fingerprint density at radius 3 is 2.14 bits per heavy atom. The first kappa shape index (κ1) is 15.1. The first-order chi connectivity index (χ1) is 9.97. The maximum atomic E-state index is 12.2. The van der Waals surface area contributed by atoms with Crippen LogP contribution in [0.3, 0.4) is 0 Å². The molecule has 0 fully saturated rings. The highest BCUT2D eigenvalue weighted by molar-refractivity contribution is 5.94. The van der Waals surface area contributed by atoms with Gasteiger partial charge in [0.2, 0.25) is 0 Å². The minimum atomic E-state index is -0.550. The number of benzene rings is 2. The lowest BCUT2D eigenvalue weighted by molar-refractivity contribution is -0.122. The zero-order valence-electron chi connectivity index (χ0n) is 12.9. The van der Waals surface area contributed by atoms with Crippen molar-refractivity contribution in [3.63, 3.8) is 0 Å². The van der Waals surface area contributed by atoms with Gasteiger partial charge in [-0.15, -0.1) is 0 Å². The van der Waals surface area contributed by atoms with E-state index in [0.29, 0.717) is 0 Å². The molecular weight excluding hydrogens is 262 g/mol. The third kappa shape index (κ3) is 3.85. The van der Waals surface area contributed by atoms with Gasteiger partial charge in [-0.3, -0.25) is 4.79 Å². The van der Waals surface area contributed by atoms with E-state index in [0.717, 1.165) is 28.1 Å². The van der Waals surface area contributed by atoms with Crippen LogP contribution in [0.15, 0.2) is 42.5 Å². The summed E-state index contributed by atoms with van der Waals surface area (Å²) in [5, 5.41) is 2.86. The quantitative estimate of drug-likeness (QED) is 0.920. The second kappa shape index (κ2) is 6.44. The Kier molecular flexibility index (Phi) is 4.63. The molecule has 1 amide bonds. The number of nitrogens with one attached hydrogen (secondary N) is 1. The molecule has 1 N–H and O–H groups in total. The van der Waals surface area contributed by atoms with Crippen molar-refractivity contribution in [2.75, 3.05) is 5.32 Å². The van der Waals surface area contributed by atoms with Crippen LogP contribution in [0.1, 0.15) is 23.6 Å². The zero-order chi connectivity index (χ0) is 15.4. The number of aryl methyl sites for hydroxylation is 3. The number of carbonyl (C=O) groups is 1. The van der Waals surface area contributed by atoms with Crippen molar-refractivity contribution in [2.45, 2.75) is 33.8 Å². The molecule has 0 heterocycles. The summed E-state index contributed by atoms with van der Waals surface area (Å²) < 4.78 is 5.82. The second-order valence-corrected chi connectivity index (χ2v) is 5.34. The number of anilines is 1. The maximum absolute atomic E-state index is 12.2. The molecule has 1 unspecified atom stereocenters. The lowest BCUT2D eigenvalue weighted by Crippen LogP contribution is -2.30. The highest BCUT2D eigenvalue weighted by Crippen LogP contribution is 2.23. The fourth-order valence-electron chi connectivity index (χ4n) is 2.10. The second-order valence-electron chi connectivity index (χ2n) is 5.34. The van der Waals surface area contributed by atoms with Gasteiger partial charge >= 0.3 is 0 Å². The molecule has 21 heavy (non-hydrogen) atoms. The number of ether oxygens (including phenoxy) is 1. The molecule has 0 bridgehead atoms. The number of hydrogen-bond donors (Lipinski definition) is 1. The summed E-state index contributed by atoms with van der Waals surface area (Å²) in [6.07, 6.45) is -0.550. The average Bonchev–Trinajstić information content (AvgIpc) is 2.45. The number of rotatable bonds is 4. The Morgan fingerprint density at radius 1 is 1.00 bits per heavy atom. The Hall–Kier alpha value is -2.29. The number of para-hydroxylation sites is 1. The fourth-order valence-corrected chi connectivity index (χ4v) is 2.10. The van der Waals surface area contributed by atoms with Crippen LogP contribution in [0.2, 0.25) is 0 Å². The molecule has 110 valence electrons. The van der Waals surface area contributed by atoms with Crippen molar-refractivity contribution in [1.29, 1.82) is 0 Å². The van der Waals surface area contributed by atoms with Gasteiger partial charge in [-0.25, -0.2) is 0 Å². The molecule has 1 atom stereocenters. The van der Waals surface area contributed by atoms with E-state index in [1.807, 2.05) is 63.2 Å². The minimum absolute atomic E-state index is 0.151. The summed E-state index contributed by atoms with van der Waals surface area (Å²) in [7, 11) is 0. The van der Waals surface area contributed by atoms with Gasteiger partial charge in [-0.05, 0) is 51.0 Å². The summed E-state index contributed by atoms with van der Waals surface area (Å²) in [6.45, 7) is 7.73. The summed E-state index contributed by atoms with van der Waals surface area (Å²) >= 11 is 0. The highest BCUT2D eigenvalue weighted by atomic mass is 16.5. The first-order valence-electron chi connectivity index (χ1n) is 7.08. The third-order valence-corrected chi connectivity index (χ3v) is 3.39. The van der Waals surface area contributed by atoms with E-state index in [1.165, 1.54) is 0 Å². The maximum Gasteiger partial charge on any atom is 0.265 e. The summed E-state index contributed by atoms with van der Waals surface area (Å²) in [4.78, 5) is 12.2. The number of carbonyl (C=O) groups excluding carboxylic acids is 1. The first-order valence-corrected chi connectivity index (χ1v) is 7.08. The van der Waals surface area contributed by atoms with Gasteiger partial charge < -0.3 is 10.1 Å². The van der Waals surface area contributed by atoms with Crippen molar-refractivity contribution < 1.29 is 9.53 Å². The van der Waals surface area contributed by atoms with Crippen LogP contribution in [-0.4, -0.2) is 12.0 Å². The van der Waals surface area contributed by atoms with E-state index < -0.39 is 6.10 Å². The molecule has 0 saturated carbocycles. The van der Waals surface area contributed by atoms with Crippen LogP contribution in [0.25, 0.3) is 0 Å². The molecule has 0 spiro atoms. The molecule has 0 aliphatic heterocycles. The lowest BCUT2D eigenvalue weighted by Gasteiger charge is -2.18. The smallest absolute Gasteiger partial charge is 0.265 e. The van der Waals surface area contributed by atoms with Gasteiger partial charge in [0.25, 0.3) is 5.91 Å². The Morgan fingerprint density at radius 2 is 1.57 bits per heavy atom. The predicted octanol–water partition coefficient (Wildman–Crippen LogP) is 4.02. The van der Waals surface area contributed by atoms with Gasteiger partial charge in [0.1, 0.15) is 5.75 Å². The zero-order valence-corrected chi connectivity index (χ0v) is 12.9. The molecule has 0 aliphatic carbocycles. The van der Waals surface area contributed by atoms with E-state index in [9.17, 15) is 4.79 Å². The Balaban J connectivity index is 2.04. The molecule has 0 radical (unpaired) electrons. The van der Waals surface area contributed by atoms with E-state index >= 15 is 0 Å². The van der Waals surface area contributed by atoms with Crippen LogP contribution in [0.5, 0.6) is 5.75 Å². The molecule has 0 aromatic heterocycles. The number of amides is 1. The van der Waals surface area contributed by atoms with Crippen molar-refractivity contribution in [2.24, 2.45) is 0 Å². The van der Waals surface area contributed by atoms with Crippen LogP contribution in [-0.2, 0) is 4.79 Å². The highest BCUT2D eigenvalue weighted by Gasteiger charge is 2.16. The Labute approximate surface area is 126 Å². The van der Waals surface area contributed by atoms with E-state index in [4.69, 9.17) is 4.74 Å². The molecule has 2 rings (SSSR count). The van der Waals surface area contributed by atoms with Crippen molar-refractivity contribution >= 4 is 11.6 Å². The van der Waals surface area contributed by atoms with Gasteiger partial charge in [0, 0.05) is 5.69 Å². The average molecular weight is 283 g/mol. The molecule has 2 aromatic rings. The largest absolute Gasteiger partial charge is 0.480 e. The van der Waals surface area contributed by atoms with Gasteiger partial charge in [-0.1, -0.05) is 35.9 Å². The summed E-state index contributed by atoms with van der Waals surface area (Å²) in [5.41, 5.74) is 4.00. The summed E-state index contributed by atoms with van der Waals surface area (Å²) in [5.74, 6) is 0.630. The van der Waals surface area contributed by atoms with Crippen LogP contribution >= 0.6 is 0 Å². The number of hydrogen-bond acceptors (Lipinski definition) is 2. The van der Waals surface area contributed by atoms with Crippen LogP contribution in [0.4, 0.5) is 5.69 Å². The van der Waals surface area contributed by atoms with Gasteiger partial charge in [-0.2, -0.15) is 0 Å². The van der Waals surface area contributed by atoms with Crippen LogP contribution in [0, 0.1) is 20.8 Å². The third-order valence-electron chi connectivity index (χ3n) is 3.39. The molecular formula is C18H21NO2. The molecule has 0 saturated heterocycles. The van der Waals surface area contributed by atoms with Gasteiger partial charge in [0.05, 0.1) is 0 Å². The van der Waals surface area contributed by atoms with E-state index in [2.05, 4.69) is 5.32 Å². The van der Waals surface area contributed by atoms with Crippen molar-refractivity contribution in [3.05, 3.63) is 59.2 Å². The SMILES string of the molecule is Cc1ccc(NC(=O)C(C)Oc2c(C)cccc2C)cc1. The van der Waals surface area contributed by atoms with E-state index in [1.54, 1.807) is 6.92 Å². The van der Waals surface area contributed by atoms with E-state index in [-0.39, 0.29) is 5.91 Å².